The van der Waals surface area contributed by atoms with E-state index in [2.05, 4.69) is 20.8 Å². The second kappa shape index (κ2) is 9.78. The van der Waals surface area contributed by atoms with Crippen LogP contribution >= 0.6 is 0 Å². The Balaban J connectivity index is 1.17. The SMILES string of the molecule is Cc1ccc(S(=O)(=O)OCCC[C@@H](C)[C@H]2CC[C@H]3[C@@H]4CC[C@@H]5CCCC[C@]5(C)[C@H]4CC[C@]23C)cc1. The molecule has 0 aliphatic heterocycles. The van der Waals surface area contributed by atoms with E-state index in [0.717, 1.165) is 48.0 Å². The van der Waals surface area contributed by atoms with Gasteiger partial charge < -0.3 is 0 Å². The van der Waals surface area contributed by atoms with Crippen molar-refractivity contribution in [1.29, 1.82) is 0 Å². The highest BCUT2D eigenvalue weighted by atomic mass is 32.2. The molecule has 5 rings (SSSR count). The van der Waals surface area contributed by atoms with E-state index in [4.69, 9.17) is 4.18 Å². The highest BCUT2D eigenvalue weighted by Crippen LogP contribution is 2.68. The van der Waals surface area contributed by atoms with Crippen LogP contribution in [0.2, 0.25) is 0 Å². The molecule has 196 valence electrons. The minimum atomic E-state index is -3.65. The molecule has 3 nitrogen and oxygen atoms in total. The summed E-state index contributed by atoms with van der Waals surface area (Å²) < 4.78 is 30.4. The first-order valence-corrected chi connectivity index (χ1v) is 16.0. The second-order valence-electron chi connectivity index (χ2n) is 13.3. The van der Waals surface area contributed by atoms with Crippen LogP contribution in [0.15, 0.2) is 29.2 Å². The first-order chi connectivity index (χ1) is 16.6. The highest BCUT2D eigenvalue weighted by Gasteiger charge is 2.60. The number of hydrogen-bond donors (Lipinski definition) is 0. The molecule has 4 aliphatic rings. The van der Waals surface area contributed by atoms with Gasteiger partial charge in [-0.3, -0.25) is 4.18 Å². The van der Waals surface area contributed by atoms with Crippen LogP contribution < -0.4 is 0 Å². The van der Waals surface area contributed by atoms with E-state index in [1.165, 1.54) is 64.2 Å². The van der Waals surface area contributed by atoms with E-state index in [1.807, 2.05) is 19.1 Å². The summed E-state index contributed by atoms with van der Waals surface area (Å²) in [6, 6.07) is 6.94. The van der Waals surface area contributed by atoms with Gasteiger partial charge in [0.1, 0.15) is 0 Å². The maximum atomic E-state index is 12.5. The summed E-state index contributed by atoms with van der Waals surface area (Å²) in [5.74, 6) is 5.23. The van der Waals surface area contributed by atoms with Gasteiger partial charge in [-0.15, -0.1) is 0 Å². The highest BCUT2D eigenvalue weighted by molar-refractivity contribution is 7.86. The van der Waals surface area contributed by atoms with Crippen molar-refractivity contribution in [2.24, 2.45) is 46.3 Å². The topological polar surface area (TPSA) is 43.4 Å². The molecule has 1 aromatic carbocycles. The Morgan fingerprint density at radius 3 is 2.43 bits per heavy atom. The van der Waals surface area contributed by atoms with E-state index in [1.54, 1.807) is 12.1 Å². The molecule has 0 heterocycles. The third kappa shape index (κ3) is 4.65. The van der Waals surface area contributed by atoms with Gasteiger partial charge in [-0.25, -0.2) is 0 Å². The largest absolute Gasteiger partial charge is 0.296 e. The maximum Gasteiger partial charge on any atom is 0.296 e. The number of fused-ring (bicyclic) bond motifs is 5. The lowest BCUT2D eigenvalue weighted by Gasteiger charge is -2.61. The van der Waals surface area contributed by atoms with Crippen LogP contribution in [0.25, 0.3) is 0 Å². The average molecular weight is 501 g/mol. The smallest absolute Gasteiger partial charge is 0.266 e. The summed E-state index contributed by atoms with van der Waals surface area (Å²) in [5.41, 5.74) is 2.15. The lowest BCUT2D eigenvalue weighted by molar-refractivity contribution is -0.114. The third-order valence-corrected chi connectivity index (χ3v) is 13.0. The molecule has 1 aromatic rings. The van der Waals surface area contributed by atoms with Gasteiger partial charge in [0.2, 0.25) is 0 Å². The molecule has 8 atom stereocenters. The molecule has 4 saturated carbocycles. The Hall–Kier alpha value is -0.870. The molecule has 0 radical (unpaired) electrons. The summed E-state index contributed by atoms with van der Waals surface area (Å²) in [4.78, 5) is 0.264. The van der Waals surface area contributed by atoms with Crippen molar-refractivity contribution >= 4 is 10.1 Å². The summed E-state index contributed by atoms with van der Waals surface area (Å²) in [7, 11) is -3.65. The van der Waals surface area contributed by atoms with Crippen LogP contribution in [0.5, 0.6) is 0 Å². The van der Waals surface area contributed by atoms with Gasteiger partial charge in [0.15, 0.2) is 0 Å². The van der Waals surface area contributed by atoms with Crippen molar-refractivity contribution < 1.29 is 12.6 Å². The molecule has 0 amide bonds. The van der Waals surface area contributed by atoms with Gasteiger partial charge in [0.05, 0.1) is 11.5 Å². The lowest BCUT2D eigenvalue weighted by atomic mass is 9.44. The van der Waals surface area contributed by atoms with E-state index in [0.29, 0.717) is 16.7 Å². The van der Waals surface area contributed by atoms with Crippen molar-refractivity contribution in [1.82, 2.24) is 0 Å². The van der Waals surface area contributed by atoms with Crippen LogP contribution in [0.1, 0.15) is 103 Å². The standard InChI is InChI=1S/C31H48O3S/c1-22-10-13-25(14-11-22)35(32,33)34-21-7-8-23(2)27-16-17-28-26-15-12-24-9-5-6-19-30(24,3)29(26)18-20-31(27,28)4/h10-11,13-14,23-24,26-29H,5-9,12,15-21H2,1-4H3/t23-,24+,26+,27-,28+,29+,30+,31-/m1/s1. The molecule has 0 aromatic heterocycles. The summed E-state index contributed by atoms with van der Waals surface area (Å²) in [6.45, 7) is 9.99. The average Bonchev–Trinajstić information content (AvgIpc) is 3.19. The minimum absolute atomic E-state index is 0.264. The molecule has 0 bridgehead atoms. The molecule has 0 unspecified atom stereocenters. The summed E-state index contributed by atoms with van der Waals surface area (Å²) in [5, 5.41) is 0. The van der Waals surface area contributed by atoms with Crippen LogP contribution in [0.3, 0.4) is 0 Å². The van der Waals surface area contributed by atoms with Crippen molar-refractivity contribution in [3.05, 3.63) is 29.8 Å². The summed E-state index contributed by atoms with van der Waals surface area (Å²) in [6.07, 6.45) is 16.4. The molecule has 4 heteroatoms. The minimum Gasteiger partial charge on any atom is -0.266 e. The van der Waals surface area contributed by atoms with E-state index in [9.17, 15) is 8.42 Å². The number of hydrogen-bond acceptors (Lipinski definition) is 3. The Morgan fingerprint density at radius 2 is 1.66 bits per heavy atom. The normalized spacial score (nSPS) is 39.9. The van der Waals surface area contributed by atoms with Gasteiger partial charge in [0, 0.05) is 0 Å². The molecule has 4 fully saturated rings. The lowest BCUT2D eigenvalue weighted by Crippen LogP contribution is -2.53. The zero-order valence-corrected chi connectivity index (χ0v) is 23.4. The van der Waals surface area contributed by atoms with Gasteiger partial charge in [-0.05, 0) is 130 Å². The first-order valence-electron chi connectivity index (χ1n) is 14.6. The molecule has 0 spiro atoms. The molecule has 35 heavy (non-hydrogen) atoms. The fraction of sp³-hybridized carbons (Fsp3) is 0.806. The Labute approximate surface area is 214 Å². The number of aryl methyl sites for hydroxylation is 1. The maximum absolute atomic E-state index is 12.5. The van der Waals surface area contributed by atoms with Crippen LogP contribution in [0, 0.1) is 53.3 Å². The predicted octanol–water partition coefficient (Wildman–Crippen LogP) is 8.17. The number of benzene rings is 1. The van der Waals surface area contributed by atoms with Gasteiger partial charge in [-0.1, -0.05) is 51.3 Å². The monoisotopic (exact) mass is 500 g/mol. The molecule has 4 aliphatic carbocycles. The van der Waals surface area contributed by atoms with Gasteiger partial charge >= 0.3 is 0 Å². The Kier molecular flexibility index (Phi) is 7.20. The fourth-order valence-electron chi connectivity index (χ4n) is 9.82. The van der Waals surface area contributed by atoms with E-state index in [-0.39, 0.29) is 11.5 Å². The fourth-order valence-corrected chi connectivity index (χ4v) is 10.8. The van der Waals surface area contributed by atoms with Crippen LogP contribution in [-0.4, -0.2) is 15.0 Å². The van der Waals surface area contributed by atoms with Crippen LogP contribution in [0.4, 0.5) is 0 Å². The number of rotatable bonds is 7. The Morgan fingerprint density at radius 1 is 0.914 bits per heavy atom. The predicted molar refractivity (Wildman–Crippen MR) is 143 cm³/mol. The second-order valence-corrected chi connectivity index (χ2v) is 15.0. The quantitative estimate of drug-likeness (QED) is 0.280. The molecular weight excluding hydrogens is 452 g/mol. The van der Waals surface area contributed by atoms with Crippen molar-refractivity contribution in [2.45, 2.75) is 110 Å². The first kappa shape index (κ1) is 25.8. The van der Waals surface area contributed by atoms with Crippen molar-refractivity contribution in [2.75, 3.05) is 6.61 Å². The molecular formula is C31H48O3S. The van der Waals surface area contributed by atoms with E-state index < -0.39 is 10.1 Å². The van der Waals surface area contributed by atoms with Gasteiger partial charge in [0.25, 0.3) is 10.1 Å². The Bertz CT molecular complexity index is 985. The molecule has 0 saturated heterocycles. The van der Waals surface area contributed by atoms with E-state index >= 15 is 0 Å². The third-order valence-electron chi connectivity index (χ3n) is 11.7. The van der Waals surface area contributed by atoms with Crippen molar-refractivity contribution in [3.63, 3.8) is 0 Å². The van der Waals surface area contributed by atoms with Gasteiger partial charge in [-0.2, -0.15) is 8.42 Å². The summed E-state index contributed by atoms with van der Waals surface area (Å²) >= 11 is 0. The van der Waals surface area contributed by atoms with Crippen molar-refractivity contribution in [3.8, 4) is 0 Å². The molecule has 0 N–H and O–H groups in total. The van der Waals surface area contributed by atoms with Crippen LogP contribution in [-0.2, 0) is 14.3 Å². The zero-order chi connectivity index (χ0) is 24.8. The zero-order valence-electron chi connectivity index (χ0n) is 22.6.